The zero-order chi connectivity index (χ0) is 17.5. The average Bonchev–Trinajstić information content (AvgIpc) is 2.48. The average molecular weight is 464 g/mol. The van der Waals surface area contributed by atoms with Gasteiger partial charge in [-0.15, -0.1) is 24.0 Å². The van der Waals surface area contributed by atoms with Crippen molar-refractivity contribution in [1.82, 2.24) is 15.5 Å². The summed E-state index contributed by atoms with van der Waals surface area (Å²) in [6.07, 6.45) is -1.82. The minimum atomic E-state index is -4.14. The van der Waals surface area contributed by atoms with E-state index in [4.69, 9.17) is 0 Å². The quantitative estimate of drug-likeness (QED) is 0.374. The molecule has 0 heterocycles. The Morgan fingerprint density at radius 2 is 1.96 bits per heavy atom. The van der Waals surface area contributed by atoms with E-state index < -0.39 is 12.1 Å². The van der Waals surface area contributed by atoms with Crippen LogP contribution in [0.2, 0.25) is 0 Å². The number of guanidine groups is 1. The van der Waals surface area contributed by atoms with Gasteiger partial charge in [0.25, 0.3) is 0 Å². The van der Waals surface area contributed by atoms with Gasteiger partial charge in [-0.05, 0) is 25.7 Å². The molecule has 1 saturated carbocycles. The highest BCUT2D eigenvalue weighted by Crippen LogP contribution is 2.37. The Bertz CT molecular complexity index is 416. The summed E-state index contributed by atoms with van der Waals surface area (Å²) in [5.41, 5.74) is 0. The lowest BCUT2D eigenvalue weighted by Gasteiger charge is -2.32. The first-order chi connectivity index (χ1) is 10.7. The van der Waals surface area contributed by atoms with Gasteiger partial charge in [0.2, 0.25) is 5.91 Å². The summed E-state index contributed by atoms with van der Waals surface area (Å²) in [5, 5.41) is 6.11. The lowest BCUT2D eigenvalue weighted by molar-refractivity contribution is -0.183. The molecule has 0 aliphatic heterocycles. The standard InChI is InChI=1S/C15H27F3N4O.HI/c1-4-8-19-14(20-10-13(23)22(2)3)21-12-7-5-6-11(9-12)15(16,17)18;/h11-12H,4-10H2,1-3H3,(H2,19,20,21);1H. The number of hydrogen-bond donors (Lipinski definition) is 2. The molecule has 24 heavy (non-hydrogen) atoms. The summed E-state index contributed by atoms with van der Waals surface area (Å²) in [4.78, 5) is 17.2. The minimum absolute atomic E-state index is 0. The van der Waals surface area contributed by atoms with Crippen LogP contribution in [0.3, 0.4) is 0 Å². The zero-order valence-corrected chi connectivity index (χ0v) is 16.8. The SMILES string of the molecule is CCCNC(=NCC(=O)N(C)C)NC1CCCC(C(F)(F)F)C1.I. The van der Waals surface area contributed by atoms with Crippen molar-refractivity contribution in [2.24, 2.45) is 10.9 Å². The van der Waals surface area contributed by atoms with Crippen LogP contribution in [0.1, 0.15) is 39.0 Å². The van der Waals surface area contributed by atoms with Crippen LogP contribution in [0, 0.1) is 5.92 Å². The molecule has 0 spiro atoms. The molecule has 0 bridgehead atoms. The number of alkyl halides is 3. The van der Waals surface area contributed by atoms with Gasteiger partial charge >= 0.3 is 6.18 Å². The summed E-state index contributed by atoms with van der Waals surface area (Å²) in [6, 6.07) is -0.270. The second-order valence-electron chi connectivity index (χ2n) is 6.13. The van der Waals surface area contributed by atoms with E-state index in [1.54, 1.807) is 14.1 Å². The highest BCUT2D eigenvalue weighted by atomic mass is 127. The summed E-state index contributed by atoms with van der Waals surface area (Å²) in [7, 11) is 3.28. The van der Waals surface area contributed by atoms with Gasteiger partial charge in [0.1, 0.15) is 6.54 Å². The third-order valence-electron chi connectivity index (χ3n) is 3.89. The molecule has 0 aromatic rings. The first-order valence-electron chi connectivity index (χ1n) is 8.05. The maximum atomic E-state index is 12.9. The van der Waals surface area contributed by atoms with Crippen molar-refractivity contribution >= 4 is 35.8 Å². The summed E-state index contributed by atoms with van der Waals surface area (Å²) in [6.45, 7) is 2.61. The van der Waals surface area contributed by atoms with E-state index in [1.165, 1.54) is 4.90 Å². The highest BCUT2D eigenvalue weighted by Gasteiger charge is 2.42. The lowest BCUT2D eigenvalue weighted by atomic mass is 9.85. The number of rotatable bonds is 5. The van der Waals surface area contributed by atoms with Crippen LogP contribution >= 0.6 is 24.0 Å². The number of aliphatic imine (C=N–C) groups is 1. The number of carbonyl (C=O) groups excluding carboxylic acids is 1. The Balaban J connectivity index is 0.00000529. The van der Waals surface area contributed by atoms with Crippen molar-refractivity contribution in [3.63, 3.8) is 0 Å². The monoisotopic (exact) mass is 464 g/mol. The third-order valence-corrected chi connectivity index (χ3v) is 3.89. The van der Waals surface area contributed by atoms with Crippen LogP contribution in [-0.2, 0) is 4.79 Å². The third kappa shape index (κ3) is 8.39. The van der Waals surface area contributed by atoms with Gasteiger partial charge < -0.3 is 15.5 Å². The topological polar surface area (TPSA) is 56.7 Å². The predicted molar refractivity (Wildman–Crippen MR) is 99.6 cm³/mol. The fraction of sp³-hybridized carbons (Fsp3) is 0.867. The van der Waals surface area contributed by atoms with Gasteiger partial charge in [-0.3, -0.25) is 4.79 Å². The van der Waals surface area contributed by atoms with E-state index in [9.17, 15) is 18.0 Å². The molecule has 0 aromatic carbocycles. The summed E-state index contributed by atoms with van der Waals surface area (Å²) in [5.74, 6) is -1.00. The number of carbonyl (C=O) groups is 1. The number of nitrogens with zero attached hydrogens (tertiary/aromatic N) is 2. The molecule has 0 saturated heterocycles. The van der Waals surface area contributed by atoms with Crippen molar-refractivity contribution in [3.8, 4) is 0 Å². The molecule has 1 amide bonds. The number of likely N-dealkylation sites (N-methyl/N-ethyl adjacent to an activating group) is 1. The number of halogens is 4. The Morgan fingerprint density at radius 3 is 2.50 bits per heavy atom. The molecule has 142 valence electrons. The van der Waals surface area contributed by atoms with E-state index in [2.05, 4.69) is 15.6 Å². The highest BCUT2D eigenvalue weighted by molar-refractivity contribution is 14.0. The summed E-state index contributed by atoms with van der Waals surface area (Å²) >= 11 is 0. The molecule has 2 N–H and O–H groups in total. The van der Waals surface area contributed by atoms with Crippen LogP contribution in [0.5, 0.6) is 0 Å². The first kappa shape index (κ1) is 23.3. The van der Waals surface area contributed by atoms with Crippen LogP contribution < -0.4 is 10.6 Å². The van der Waals surface area contributed by atoms with Gasteiger partial charge in [-0.2, -0.15) is 13.2 Å². The molecular weight excluding hydrogens is 436 g/mol. The molecule has 0 aromatic heterocycles. The molecule has 1 aliphatic carbocycles. The number of amides is 1. The van der Waals surface area contributed by atoms with Crippen molar-refractivity contribution in [2.45, 2.75) is 51.2 Å². The Kier molecular flexibility index (Phi) is 10.6. The number of hydrogen-bond acceptors (Lipinski definition) is 2. The second-order valence-corrected chi connectivity index (χ2v) is 6.13. The molecule has 9 heteroatoms. The zero-order valence-electron chi connectivity index (χ0n) is 14.4. The van der Waals surface area contributed by atoms with Gasteiger partial charge in [-0.25, -0.2) is 4.99 Å². The van der Waals surface area contributed by atoms with Gasteiger partial charge in [-0.1, -0.05) is 13.3 Å². The Morgan fingerprint density at radius 1 is 1.29 bits per heavy atom. The molecule has 2 unspecified atom stereocenters. The maximum Gasteiger partial charge on any atom is 0.391 e. The smallest absolute Gasteiger partial charge is 0.356 e. The van der Waals surface area contributed by atoms with Crippen molar-refractivity contribution in [1.29, 1.82) is 0 Å². The second kappa shape index (κ2) is 11.0. The van der Waals surface area contributed by atoms with Gasteiger partial charge in [0.15, 0.2) is 5.96 Å². The van der Waals surface area contributed by atoms with Crippen LogP contribution in [-0.4, -0.2) is 56.2 Å². The van der Waals surface area contributed by atoms with Gasteiger partial charge in [0, 0.05) is 26.7 Å². The van der Waals surface area contributed by atoms with E-state index in [0.717, 1.165) is 6.42 Å². The van der Waals surface area contributed by atoms with Crippen LogP contribution in [0.25, 0.3) is 0 Å². The maximum absolute atomic E-state index is 12.9. The molecule has 1 rings (SSSR count). The van der Waals surface area contributed by atoms with Gasteiger partial charge in [0.05, 0.1) is 5.92 Å². The van der Waals surface area contributed by atoms with E-state index in [-0.39, 0.29) is 55.3 Å². The Hall–Kier alpha value is -0.740. The van der Waals surface area contributed by atoms with Crippen molar-refractivity contribution < 1.29 is 18.0 Å². The molecular formula is C15H28F3IN4O. The molecule has 5 nitrogen and oxygen atoms in total. The van der Waals surface area contributed by atoms with Crippen molar-refractivity contribution in [3.05, 3.63) is 0 Å². The fourth-order valence-corrected chi connectivity index (χ4v) is 2.50. The van der Waals surface area contributed by atoms with Crippen LogP contribution in [0.15, 0.2) is 4.99 Å². The van der Waals surface area contributed by atoms with Crippen molar-refractivity contribution in [2.75, 3.05) is 27.2 Å². The first-order valence-corrected chi connectivity index (χ1v) is 8.05. The van der Waals surface area contributed by atoms with E-state index >= 15 is 0 Å². The van der Waals surface area contributed by atoms with Crippen LogP contribution in [0.4, 0.5) is 13.2 Å². The largest absolute Gasteiger partial charge is 0.391 e. The fourth-order valence-electron chi connectivity index (χ4n) is 2.50. The predicted octanol–water partition coefficient (Wildman–Crippen LogP) is 2.76. The minimum Gasteiger partial charge on any atom is -0.356 e. The summed E-state index contributed by atoms with van der Waals surface area (Å²) < 4.78 is 38.6. The van der Waals surface area contributed by atoms with E-state index in [0.29, 0.717) is 25.3 Å². The Labute approximate surface area is 158 Å². The molecule has 1 aliphatic rings. The van der Waals surface area contributed by atoms with E-state index in [1.807, 2.05) is 6.92 Å². The molecule has 0 radical (unpaired) electrons. The molecule has 2 atom stereocenters. The number of nitrogens with one attached hydrogen (secondary N) is 2. The normalized spacial score (nSPS) is 21.7. The lowest BCUT2D eigenvalue weighted by Crippen LogP contribution is -2.47. The molecule has 1 fully saturated rings.